The summed E-state index contributed by atoms with van der Waals surface area (Å²) >= 11 is 14.5. The Morgan fingerprint density at radius 1 is 0.579 bits per heavy atom. The van der Waals surface area contributed by atoms with E-state index in [1.165, 1.54) is 98.1 Å². The minimum absolute atomic E-state index is 0.117. The number of aliphatic hydroxyl groups excluding tert-OH is 3. The van der Waals surface area contributed by atoms with Crippen molar-refractivity contribution in [2.45, 2.75) is 232 Å². The Hall–Kier alpha value is -5.51. The summed E-state index contributed by atoms with van der Waals surface area (Å²) < 4.78 is 14.8. The Morgan fingerprint density at radius 2 is 0.895 bits per heavy atom. The molecule has 7 N–H and O–H groups in total. The molecule has 16 heteroatoms. The molecule has 2 atom stereocenters. The average Bonchev–Trinajstić information content (AvgIpc) is 0.835. The van der Waals surface area contributed by atoms with Crippen LogP contribution >= 0.6 is 34.8 Å². The van der Waals surface area contributed by atoms with Crippen LogP contribution in [-0.4, -0.2) is 94.5 Å². The highest BCUT2D eigenvalue weighted by atomic mass is 35.5. The molecule has 0 saturated heterocycles. The number of esters is 1. The van der Waals surface area contributed by atoms with Crippen molar-refractivity contribution in [3.05, 3.63) is 158 Å². The lowest BCUT2D eigenvalue weighted by Crippen LogP contribution is -2.33. The molecular weight excluding hydrogens is 1260 g/mol. The molecule has 3 aromatic carbocycles. The van der Waals surface area contributed by atoms with Crippen LogP contribution in [0.25, 0.3) is 18.2 Å². The highest BCUT2D eigenvalue weighted by Gasteiger charge is 2.29. The van der Waals surface area contributed by atoms with Gasteiger partial charge in [0.2, 0.25) is 0 Å². The van der Waals surface area contributed by atoms with Gasteiger partial charge in [0, 0.05) is 44.5 Å². The van der Waals surface area contributed by atoms with Crippen LogP contribution in [0.4, 0.5) is 9.59 Å². The number of alkyl halides is 3. The molecule has 13 nitrogen and oxygen atoms in total. The smallest absolute Gasteiger partial charge is 0.407 e. The number of ether oxygens (including phenoxy) is 3. The lowest BCUT2D eigenvalue weighted by molar-refractivity contribution is -0.140. The number of halogens is 3. The Bertz CT molecular complexity index is 2820. The number of carbonyl (C=O) groups is 4. The first-order valence-electron chi connectivity index (χ1n) is 33.8. The number of nitrogens with one attached hydrogen (secondary N) is 2. The van der Waals surface area contributed by atoms with Crippen LogP contribution in [0.3, 0.4) is 0 Å². The number of hydrogen-bond donors (Lipinski definition) is 6. The van der Waals surface area contributed by atoms with E-state index in [1.807, 2.05) is 109 Å². The molecule has 0 aromatic heterocycles. The van der Waals surface area contributed by atoms with Crippen molar-refractivity contribution in [2.24, 2.45) is 22.0 Å². The Labute approximate surface area is 588 Å². The summed E-state index contributed by atoms with van der Waals surface area (Å²) in [5.41, 5.74) is 19.5. The summed E-state index contributed by atoms with van der Waals surface area (Å²) in [5.74, 6) is 0.628. The molecule has 0 fully saturated rings. The predicted octanol–water partition coefficient (Wildman–Crippen LogP) is 20.3. The number of aliphatic hydroxyl groups is 3. The number of hydrogen-bond acceptors (Lipinski definition) is 11. The Balaban J connectivity index is 0.00000126. The fourth-order valence-corrected chi connectivity index (χ4v) is 11.2. The third-order valence-corrected chi connectivity index (χ3v) is 15.6. The van der Waals surface area contributed by atoms with Crippen molar-refractivity contribution in [3.8, 4) is 0 Å². The lowest BCUT2D eigenvalue weighted by Gasteiger charge is -2.33. The molecule has 0 spiro atoms. The zero-order valence-electron chi connectivity index (χ0n) is 61.4. The summed E-state index contributed by atoms with van der Waals surface area (Å²) in [6.07, 6.45) is 23.2. The number of allylic oxidation sites excluding steroid dienone is 9. The van der Waals surface area contributed by atoms with Crippen LogP contribution in [-0.2, 0) is 19.0 Å². The van der Waals surface area contributed by atoms with Gasteiger partial charge in [-0.2, -0.15) is 0 Å². The lowest BCUT2D eigenvalue weighted by atomic mass is 9.72. The first-order valence-corrected chi connectivity index (χ1v) is 35.4. The molecule has 3 aliphatic carbocycles. The molecule has 95 heavy (non-hydrogen) atoms. The van der Waals surface area contributed by atoms with E-state index in [-0.39, 0.29) is 39.9 Å². The molecule has 0 radical (unpaired) electrons. The van der Waals surface area contributed by atoms with E-state index in [0.29, 0.717) is 45.5 Å². The van der Waals surface area contributed by atoms with Crippen LogP contribution in [0.5, 0.6) is 0 Å². The number of benzene rings is 3. The molecule has 3 aliphatic rings. The Kier molecular flexibility index (Phi) is 44.0. The van der Waals surface area contributed by atoms with Crippen molar-refractivity contribution >= 4 is 77.0 Å². The van der Waals surface area contributed by atoms with Crippen LogP contribution in [0.15, 0.2) is 124 Å². The fourth-order valence-electron chi connectivity index (χ4n) is 11.2. The number of amides is 2. The maximum atomic E-state index is 11.9. The molecule has 0 saturated carbocycles. The van der Waals surface area contributed by atoms with Gasteiger partial charge in [-0.05, 0) is 232 Å². The van der Waals surface area contributed by atoms with Gasteiger partial charge in [0.15, 0.2) is 5.78 Å². The Morgan fingerprint density at radius 3 is 1.17 bits per heavy atom. The minimum Gasteiger partial charge on any atom is -0.466 e. The third kappa shape index (κ3) is 38.9. The number of rotatable bonds is 18. The maximum Gasteiger partial charge on any atom is 0.407 e. The largest absolute Gasteiger partial charge is 0.466 e. The molecular formula is C79H122Cl3N3O10. The molecule has 0 aliphatic heterocycles. The second kappa shape index (κ2) is 46.7. The molecule has 6 rings (SSSR count). The van der Waals surface area contributed by atoms with Crippen molar-refractivity contribution in [2.75, 3.05) is 44.1 Å². The van der Waals surface area contributed by atoms with Gasteiger partial charge >= 0.3 is 18.2 Å². The maximum absolute atomic E-state index is 11.9. The number of nitrogens with two attached hydrogens (primary N) is 1. The van der Waals surface area contributed by atoms with Gasteiger partial charge in [-0.25, -0.2) is 9.59 Å². The van der Waals surface area contributed by atoms with E-state index in [9.17, 15) is 29.4 Å². The standard InChI is InChI=1S/2C25H37NO3.C20H27NO.C4H8O2.C2H5Cl.C2H6O.CH2Cl2/c2*1-18-9-8-15-25(5,6)21(18)13-12-19-10-7-11-20(17-19)22(27)14-16-26-23(28)29-24(2,3)4;1-15-6-5-12-20(2,3)18(15)10-9-16-7-4-8-17(14-16)19(22)11-13-21;1-3-6-4(2)5;2*1-2-3;2-1-3/h2*7,10-13,17,22,27H,8-9,14-16H2,1-6H3,(H,26,28);4,7-10,14H,5-6,11-13,21H2,1-3H3;3H2,1-2H3;2H2,1H3;3H,2H2,1H3;1H2/b2*13-12+;10-9+;;;;. The van der Waals surface area contributed by atoms with E-state index in [2.05, 4.69) is 126 Å². The quantitative estimate of drug-likeness (QED) is 0.0306. The van der Waals surface area contributed by atoms with E-state index in [1.54, 1.807) is 13.8 Å². The highest BCUT2D eigenvalue weighted by molar-refractivity contribution is 6.40. The molecule has 534 valence electrons. The second-order valence-electron chi connectivity index (χ2n) is 27.8. The zero-order valence-corrected chi connectivity index (χ0v) is 63.7. The van der Waals surface area contributed by atoms with Gasteiger partial charge in [-0.1, -0.05) is 156 Å². The van der Waals surface area contributed by atoms with E-state index in [0.717, 1.165) is 39.3 Å². The van der Waals surface area contributed by atoms with Gasteiger partial charge < -0.3 is 45.9 Å². The van der Waals surface area contributed by atoms with Gasteiger partial charge in [0.1, 0.15) is 11.2 Å². The number of Topliss-reactive ketones (excluding diaryl/α,β-unsaturated/α-hetero) is 1. The van der Waals surface area contributed by atoms with Gasteiger partial charge in [-0.15, -0.1) is 34.8 Å². The summed E-state index contributed by atoms with van der Waals surface area (Å²) in [4.78, 5) is 45.2. The van der Waals surface area contributed by atoms with Crippen molar-refractivity contribution in [1.29, 1.82) is 0 Å². The van der Waals surface area contributed by atoms with Crippen molar-refractivity contribution in [1.82, 2.24) is 10.6 Å². The fraction of sp³-hybridized carbons (Fsp3) is 0.570. The van der Waals surface area contributed by atoms with Crippen LogP contribution < -0.4 is 16.4 Å². The number of ketones is 1. The summed E-state index contributed by atoms with van der Waals surface area (Å²) in [7, 11) is 0. The van der Waals surface area contributed by atoms with Crippen LogP contribution in [0.2, 0.25) is 0 Å². The number of alkyl carbamates (subject to hydrolysis) is 2. The molecule has 2 unspecified atom stereocenters. The number of carbonyl (C=O) groups excluding carboxylic acids is 4. The minimum atomic E-state index is -0.634. The van der Waals surface area contributed by atoms with Gasteiger partial charge in [0.25, 0.3) is 0 Å². The van der Waals surface area contributed by atoms with E-state index in [4.69, 9.17) is 55.1 Å². The summed E-state index contributed by atoms with van der Waals surface area (Å²) in [6, 6.07) is 23.7. The van der Waals surface area contributed by atoms with E-state index < -0.39 is 35.6 Å². The summed E-state index contributed by atoms with van der Waals surface area (Å²) in [5, 5.41) is 34.2. The van der Waals surface area contributed by atoms with Gasteiger partial charge in [-0.3, -0.25) is 9.59 Å². The first kappa shape index (κ1) is 89.5. The third-order valence-electron chi connectivity index (χ3n) is 15.6. The SMILES string of the molecule is CC1=C(/C=C/c2cccc(C(=O)CCN)c2)C(C)(C)CCC1.CC1=C(/C=C/c2cccc(C(O)CCNC(=O)OC(C)(C)C)c2)C(C)(C)CCC1.CC1=C(/C=C/c2cccc(C(O)CCNC(=O)OC(C)(C)C)c2)C(C)(C)CCC1.CCCl.CCO.CCOC(C)=O.ClCCl. The zero-order chi connectivity index (χ0) is 72.6. The predicted molar refractivity (Wildman–Crippen MR) is 401 cm³/mol. The van der Waals surface area contributed by atoms with Crippen molar-refractivity contribution < 1.29 is 48.7 Å². The second-order valence-corrected chi connectivity index (χ2v) is 29.1. The molecule has 3 aromatic rings. The normalized spacial score (nSPS) is 16.2. The first-order chi connectivity index (χ1) is 44.4. The van der Waals surface area contributed by atoms with Crippen LogP contribution in [0.1, 0.15) is 259 Å². The topological polar surface area (TPSA) is 207 Å². The molecule has 0 bridgehead atoms. The van der Waals surface area contributed by atoms with Gasteiger partial charge in [0.05, 0.1) is 24.2 Å². The van der Waals surface area contributed by atoms with E-state index >= 15 is 0 Å². The molecule has 2 amide bonds. The monoisotopic (exact) mass is 1380 g/mol. The average molecular weight is 1380 g/mol. The van der Waals surface area contributed by atoms with Crippen LogP contribution in [0, 0.1) is 16.2 Å². The summed E-state index contributed by atoms with van der Waals surface area (Å²) in [6.45, 7) is 40.1. The van der Waals surface area contributed by atoms with Crippen molar-refractivity contribution in [3.63, 3.8) is 0 Å². The molecule has 0 heterocycles. The highest BCUT2D eigenvalue weighted by Crippen LogP contribution is 2.43.